The van der Waals surface area contributed by atoms with Crippen molar-refractivity contribution in [3.05, 3.63) is 23.5 Å². The van der Waals surface area contributed by atoms with Crippen LogP contribution in [0.4, 0.5) is 13.2 Å². The highest BCUT2D eigenvalue weighted by molar-refractivity contribution is 5.74. The van der Waals surface area contributed by atoms with Crippen molar-refractivity contribution in [1.29, 1.82) is 0 Å². The lowest BCUT2D eigenvalue weighted by Crippen LogP contribution is -2.17. The molecule has 14 heavy (non-hydrogen) atoms. The molecule has 3 nitrogen and oxygen atoms in total. The lowest BCUT2D eigenvalue weighted by Gasteiger charge is -2.08. The van der Waals surface area contributed by atoms with Crippen molar-refractivity contribution in [1.82, 2.24) is 4.98 Å². The Morgan fingerprint density at radius 3 is 2.57 bits per heavy atom. The maximum Gasteiger partial charge on any atom is 0.573 e. The summed E-state index contributed by atoms with van der Waals surface area (Å²) in [4.78, 5) is 13.8. The van der Waals surface area contributed by atoms with Crippen LogP contribution in [0.1, 0.15) is 16.1 Å². The van der Waals surface area contributed by atoms with Crippen LogP contribution in [0.2, 0.25) is 0 Å². The summed E-state index contributed by atoms with van der Waals surface area (Å²) < 4.78 is 38.8. The second-order valence-corrected chi connectivity index (χ2v) is 2.54. The van der Waals surface area contributed by atoms with Gasteiger partial charge in [0.05, 0.1) is 6.20 Å². The van der Waals surface area contributed by atoms with E-state index in [1.54, 1.807) is 0 Å². The van der Waals surface area contributed by atoms with Crippen LogP contribution in [0.15, 0.2) is 12.3 Å². The lowest BCUT2D eigenvalue weighted by molar-refractivity contribution is -0.274. The third-order valence-corrected chi connectivity index (χ3v) is 1.44. The topological polar surface area (TPSA) is 39.2 Å². The molecule has 0 aliphatic heterocycles. The Labute approximate surface area is 77.5 Å². The van der Waals surface area contributed by atoms with Gasteiger partial charge in [-0.3, -0.25) is 4.79 Å². The molecule has 1 aromatic rings. The normalized spacial score (nSPS) is 11.1. The van der Waals surface area contributed by atoms with Crippen molar-refractivity contribution < 1.29 is 22.7 Å². The largest absolute Gasteiger partial charge is 0.573 e. The molecule has 0 N–H and O–H groups in total. The SMILES string of the molecule is Cc1cc(OC(F)(F)F)cnc1C=O. The predicted molar refractivity (Wildman–Crippen MR) is 41.0 cm³/mol. The van der Waals surface area contributed by atoms with Gasteiger partial charge in [-0.2, -0.15) is 0 Å². The summed E-state index contributed by atoms with van der Waals surface area (Å²) in [6.07, 6.45) is -3.42. The van der Waals surface area contributed by atoms with Crippen LogP contribution >= 0.6 is 0 Å². The molecule has 0 fully saturated rings. The molecule has 0 amide bonds. The van der Waals surface area contributed by atoms with E-state index in [-0.39, 0.29) is 5.69 Å². The summed E-state index contributed by atoms with van der Waals surface area (Å²) in [7, 11) is 0. The molecule has 6 heteroatoms. The molecular weight excluding hydrogens is 199 g/mol. The summed E-state index contributed by atoms with van der Waals surface area (Å²) in [5.74, 6) is -0.430. The zero-order valence-corrected chi connectivity index (χ0v) is 7.13. The average Bonchev–Trinajstić information content (AvgIpc) is 2.01. The number of nitrogens with zero attached hydrogens (tertiary/aromatic N) is 1. The molecule has 1 heterocycles. The molecule has 0 aliphatic carbocycles. The average molecular weight is 205 g/mol. The fourth-order valence-electron chi connectivity index (χ4n) is 0.872. The van der Waals surface area contributed by atoms with Crippen LogP contribution in [0.3, 0.4) is 0 Å². The van der Waals surface area contributed by atoms with Gasteiger partial charge in [-0.15, -0.1) is 13.2 Å². The minimum absolute atomic E-state index is 0.0968. The Kier molecular flexibility index (Phi) is 2.73. The van der Waals surface area contributed by atoms with Gasteiger partial charge in [-0.25, -0.2) is 4.98 Å². The molecule has 76 valence electrons. The Hall–Kier alpha value is -1.59. The molecule has 0 saturated carbocycles. The first-order valence-electron chi connectivity index (χ1n) is 3.60. The standard InChI is InChI=1S/C8H6F3NO2/c1-5-2-6(14-8(9,10)11)3-12-7(5)4-13/h2-4H,1H3. The third kappa shape index (κ3) is 2.72. The fourth-order valence-corrected chi connectivity index (χ4v) is 0.872. The van der Waals surface area contributed by atoms with Gasteiger partial charge >= 0.3 is 6.36 Å². The first kappa shape index (κ1) is 10.5. The molecule has 0 atom stereocenters. The van der Waals surface area contributed by atoms with E-state index in [0.717, 1.165) is 12.3 Å². The lowest BCUT2D eigenvalue weighted by atomic mass is 10.2. The number of carbonyl (C=O) groups excluding carboxylic acids is 1. The minimum atomic E-state index is -4.74. The summed E-state index contributed by atoms with van der Waals surface area (Å²) in [6, 6.07) is 1.10. The van der Waals surface area contributed by atoms with E-state index in [9.17, 15) is 18.0 Å². The molecule has 0 saturated heterocycles. The van der Waals surface area contributed by atoms with Crippen molar-refractivity contribution in [2.24, 2.45) is 0 Å². The van der Waals surface area contributed by atoms with Gasteiger partial charge in [0.2, 0.25) is 0 Å². The van der Waals surface area contributed by atoms with Gasteiger partial charge in [0.25, 0.3) is 0 Å². The smallest absolute Gasteiger partial charge is 0.404 e. The van der Waals surface area contributed by atoms with E-state index >= 15 is 0 Å². The van der Waals surface area contributed by atoms with Gasteiger partial charge in [0.1, 0.15) is 11.4 Å². The Bertz CT molecular complexity index is 349. The van der Waals surface area contributed by atoms with Crippen LogP contribution < -0.4 is 4.74 Å². The number of alkyl halides is 3. The number of hydrogen-bond acceptors (Lipinski definition) is 3. The van der Waals surface area contributed by atoms with E-state index in [1.807, 2.05) is 0 Å². The number of aldehydes is 1. The number of pyridine rings is 1. The number of ether oxygens (including phenoxy) is 1. The molecule has 0 radical (unpaired) electrons. The highest BCUT2D eigenvalue weighted by Crippen LogP contribution is 2.22. The molecule has 1 rings (SSSR count). The van der Waals surface area contributed by atoms with Gasteiger partial charge in [0.15, 0.2) is 6.29 Å². The predicted octanol–water partition coefficient (Wildman–Crippen LogP) is 2.10. The molecule has 0 bridgehead atoms. The number of halogens is 3. The van der Waals surface area contributed by atoms with Crippen molar-refractivity contribution in [3.8, 4) is 5.75 Å². The number of hydrogen-bond donors (Lipinski definition) is 0. The Morgan fingerprint density at radius 1 is 1.50 bits per heavy atom. The van der Waals surface area contributed by atoms with Crippen LogP contribution in [0, 0.1) is 6.92 Å². The zero-order valence-electron chi connectivity index (χ0n) is 7.13. The van der Waals surface area contributed by atoms with Crippen molar-refractivity contribution >= 4 is 6.29 Å². The third-order valence-electron chi connectivity index (χ3n) is 1.44. The highest BCUT2D eigenvalue weighted by Gasteiger charge is 2.31. The Balaban J connectivity index is 2.92. The number of aromatic nitrogens is 1. The first-order chi connectivity index (χ1) is 6.42. The second-order valence-electron chi connectivity index (χ2n) is 2.54. The van der Waals surface area contributed by atoms with Crippen LogP contribution in [-0.2, 0) is 0 Å². The summed E-state index contributed by atoms with van der Waals surface area (Å²) in [6.45, 7) is 1.47. The van der Waals surface area contributed by atoms with E-state index in [4.69, 9.17) is 0 Å². The molecular formula is C8H6F3NO2. The molecule has 0 aromatic carbocycles. The van der Waals surface area contributed by atoms with E-state index in [2.05, 4.69) is 9.72 Å². The number of aryl methyl sites for hydroxylation is 1. The fraction of sp³-hybridized carbons (Fsp3) is 0.250. The van der Waals surface area contributed by atoms with Gasteiger partial charge in [0, 0.05) is 0 Å². The number of carbonyl (C=O) groups is 1. The summed E-state index contributed by atoms with van der Waals surface area (Å²) >= 11 is 0. The molecule has 0 aliphatic rings. The first-order valence-corrected chi connectivity index (χ1v) is 3.60. The van der Waals surface area contributed by atoms with Crippen molar-refractivity contribution in [3.63, 3.8) is 0 Å². The van der Waals surface area contributed by atoms with Crippen LogP contribution in [0.5, 0.6) is 5.75 Å². The van der Waals surface area contributed by atoms with E-state index in [1.165, 1.54) is 6.92 Å². The van der Waals surface area contributed by atoms with Crippen LogP contribution in [-0.4, -0.2) is 17.6 Å². The maximum absolute atomic E-state index is 11.7. The monoisotopic (exact) mass is 205 g/mol. The summed E-state index contributed by atoms with van der Waals surface area (Å²) in [5, 5.41) is 0. The molecule has 0 spiro atoms. The van der Waals surface area contributed by atoms with Crippen LogP contribution in [0.25, 0.3) is 0 Å². The summed E-state index contributed by atoms with van der Waals surface area (Å²) in [5.41, 5.74) is 0.432. The zero-order chi connectivity index (χ0) is 10.8. The van der Waals surface area contributed by atoms with E-state index < -0.39 is 12.1 Å². The van der Waals surface area contributed by atoms with E-state index in [0.29, 0.717) is 11.8 Å². The van der Waals surface area contributed by atoms with Gasteiger partial charge in [-0.1, -0.05) is 0 Å². The maximum atomic E-state index is 11.7. The number of rotatable bonds is 2. The van der Waals surface area contributed by atoms with Gasteiger partial charge in [-0.05, 0) is 18.6 Å². The molecule has 1 aromatic heterocycles. The molecule has 0 unspecified atom stereocenters. The Morgan fingerprint density at radius 2 is 2.14 bits per heavy atom. The highest BCUT2D eigenvalue weighted by atomic mass is 19.4. The van der Waals surface area contributed by atoms with Crippen molar-refractivity contribution in [2.45, 2.75) is 13.3 Å². The minimum Gasteiger partial charge on any atom is -0.404 e. The van der Waals surface area contributed by atoms with Gasteiger partial charge < -0.3 is 4.74 Å². The quantitative estimate of drug-likeness (QED) is 0.694. The second kappa shape index (κ2) is 3.65. The van der Waals surface area contributed by atoms with Crippen molar-refractivity contribution in [2.75, 3.05) is 0 Å².